The molecule has 0 amide bonds. The molecular weight excluding hydrogens is 328 g/mol. The summed E-state index contributed by atoms with van der Waals surface area (Å²) in [6.45, 7) is 7.87. The highest BCUT2D eigenvalue weighted by atomic mass is 16.5. The Balaban J connectivity index is 1.61. The molecule has 0 spiro atoms. The van der Waals surface area contributed by atoms with E-state index in [1.807, 2.05) is 6.07 Å². The van der Waals surface area contributed by atoms with E-state index >= 15 is 0 Å². The topological polar surface area (TPSA) is 34.2 Å². The van der Waals surface area contributed by atoms with Gasteiger partial charge in [0, 0.05) is 44.3 Å². The third kappa shape index (κ3) is 4.26. The van der Waals surface area contributed by atoms with E-state index in [0.29, 0.717) is 11.5 Å². The van der Waals surface area contributed by atoms with Crippen molar-refractivity contribution in [3.63, 3.8) is 0 Å². The summed E-state index contributed by atoms with van der Waals surface area (Å²) < 4.78 is 16.5. The molecule has 0 aromatic heterocycles. The minimum atomic E-state index is 0.683. The smallest absolute Gasteiger partial charge is 0.203 e. The van der Waals surface area contributed by atoms with E-state index in [1.165, 1.54) is 38.8 Å². The average Bonchev–Trinajstić information content (AvgIpc) is 2.68. The number of hydrogen-bond acceptors (Lipinski definition) is 5. The van der Waals surface area contributed by atoms with Crippen molar-refractivity contribution < 1.29 is 14.2 Å². The van der Waals surface area contributed by atoms with Crippen molar-refractivity contribution in [2.75, 3.05) is 47.5 Å². The Labute approximate surface area is 158 Å². The van der Waals surface area contributed by atoms with Gasteiger partial charge in [-0.2, -0.15) is 0 Å². The fourth-order valence-corrected chi connectivity index (χ4v) is 4.55. The van der Waals surface area contributed by atoms with Gasteiger partial charge in [0.05, 0.1) is 21.3 Å². The van der Waals surface area contributed by atoms with E-state index < -0.39 is 0 Å². The van der Waals surface area contributed by atoms with Crippen LogP contribution in [-0.4, -0.2) is 63.4 Å². The van der Waals surface area contributed by atoms with Gasteiger partial charge in [0.1, 0.15) is 0 Å². The van der Waals surface area contributed by atoms with Crippen LogP contribution < -0.4 is 14.2 Å². The first-order chi connectivity index (χ1) is 12.7. The molecule has 0 unspecified atom stereocenters. The Hall–Kier alpha value is -1.46. The lowest BCUT2D eigenvalue weighted by molar-refractivity contribution is 0.0655. The summed E-state index contributed by atoms with van der Waals surface area (Å²) in [4.78, 5) is 5.24. The largest absolute Gasteiger partial charge is 0.493 e. The number of ether oxygens (including phenoxy) is 3. The number of benzene rings is 1. The zero-order chi connectivity index (χ0) is 18.5. The monoisotopic (exact) mass is 362 g/mol. The number of piperazine rings is 1. The molecule has 2 aliphatic rings. The molecule has 1 saturated carbocycles. The van der Waals surface area contributed by atoms with E-state index in [4.69, 9.17) is 14.2 Å². The minimum Gasteiger partial charge on any atom is -0.493 e. The van der Waals surface area contributed by atoms with Crippen molar-refractivity contribution in [2.24, 2.45) is 5.92 Å². The molecule has 0 N–H and O–H groups in total. The molecule has 0 bridgehead atoms. The van der Waals surface area contributed by atoms with E-state index in [-0.39, 0.29) is 0 Å². The summed E-state index contributed by atoms with van der Waals surface area (Å²) >= 11 is 0. The molecule has 1 aromatic carbocycles. The molecule has 1 heterocycles. The number of hydrogen-bond donors (Lipinski definition) is 0. The van der Waals surface area contributed by atoms with Crippen LogP contribution in [0, 0.1) is 5.92 Å². The standard InChI is InChI=1S/C21H34N2O3/c1-16-6-5-7-18(14-16)23-12-10-22(11-13-23)15-17-8-9-19(24-2)21(26-4)20(17)25-3/h8-9,16,18H,5-7,10-15H2,1-4H3/t16-,18-/m0/s1. The van der Waals surface area contributed by atoms with Crippen molar-refractivity contribution in [3.8, 4) is 17.2 Å². The maximum atomic E-state index is 5.64. The second kappa shape index (κ2) is 8.96. The van der Waals surface area contributed by atoms with Gasteiger partial charge in [-0.05, 0) is 24.8 Å². The molecule has 2 atom stereocenters. The average molecular weight is 363 g/mol. The zero-order valence-electron chi connectivity index (χ0n) is 16.8. The molecular formula is C21H34N2O3. The van der Waals surface area contributed by atoms with Gasteiger partial charge in [0.15, 0.2) is 11.5 Å². The van der Waals surface area contributed by atoms with Gasteiger partial charge in [-0.1, -0.05) is 25.8 Å². The molecule has 1 saturated heterocycles. The first kappa shape index (κ1) is 19.3. The maximum Gasteiger partial charge on any atom is 0.203 e. The van der Waals surface area contributed by atoms with Crippen LogP contribution in [0.15, 0.2) is 12.1 Å². The molecule has 5 heteroatoms. The summed E-state index contributed by atoms with van der Waals surface area (Å²) in [6, 6.07) is 4.86. The van der Waals surface area contributed by atoms with Gasteiger partial charge < -0.3 is 14.2 Å². The molecule has 1 aliphatic heterocycles. The molecule has 1 aliphatic carbocycles. The molecule has 5 nitrogen and oxygen atoms in total. The third-order valence-corrected chi connectivity index (χ3v) is 6.01. The highest BCUT2D eigenvalue weighted by Crippen LogP contribution is 2.40. The fourth-order valence-electron chi connectivity index (χ4n) is 4.55. The minimum absolute atomic E-state index is 0.683. The van der Waals surface area contributed by atoms with Gasteiger partial charge in [-0.3, -0.25) is 9.80 Å². The normalized spacial score (nSPS) is 25.1. The van der Waals surface area contributed by atoms with E-state index in [1.54, 1.807) is 21.3 Å². The summed E-state index contributed by atoms with van der Waals surface area (Å²) in [5.41, 5.74) is 1.16. The van der Waals surface area contributed by atoms with Crippen LogP contribution in [-0.2, 0) is 6.54 Å². The third-order valence-electron chi connectivity index (χ3n) is 6.01. The molecule has 0 radical (unpaired) electrons. The second-order valence-corrected chi connectivity index (χ2v) is 7.73. The predicted octanol–water partition coefficient (Wildman–Crippen LogP) is 3.41. The summed E-state index contributed by atoms with van der Waals surface area (Å²) in [6.07, 6.45) is 5.57. The quantitative estimate of drug-likeness (QED) is 0.775. The predicted molar refractivity (Wildman–Crippen MR) is 104 cm³/mol. The van der Waals surface area contributed by atoms with Gasteiger partial charge in [-0.25, -0.2) is 0 Å². The molecule has 3 rings (SSSR count). The van der Waals surface area contributed by atoms with Gasteiger partial charge in [0.2, 0.25) is 5.75 Å². The SMILES string of the molecule is COc1ccc(CN2CCN([C@H]3CCC[C@H](C)C3)CC2)c(OC)c1OC. The van der Waals surface area contributed by atoms with Crippen LogP contribution in [0.3, 0.4) is 0 Å². The zero-order valence-corrected chi connectivity index (χ0v) is 16.8. The number of rotatable bonds is 6. The van der Waals surface area contributed by atoms with Crippen LogP contribution in [0.1, 0.15) is 38.2 Å². The van der Waals surface area contributed by atoms with Crippen molar-refractivity contribution in [3.05, 3.63) is 17.7 Å². The first-order valence-corrected chi connectivity index (χ1v) is 9.90. The molecule has 146 valence electrons. The summed E-state index contributed by atoms with van der Waals surface area (Å²) in [7, 11) is 5.01. The van der Waals surface area contributed by atoms with Crippen molar-refractivity contribution in [2.45, 2.75) is 45.2 Å². The highest BCUT2D eigenvalue weighted by molar-refractivity contribution is 5.55. The maximum absolute atomic E-state index is 5.64. The molecule has 26 heavy (non-hydrogen) atoms. The Morgan fingerprint density at radius 2 is 1.65 bits per heavy atom. The van der Waals surface area contributed by atoms with Crippen LogP contribution in [0.4, 0.5) is 0 Å². The van der Waals surface area contributed by atoms with Crippen LogP contribution in [0.2, 0.25) is 0 Å². The van der Waals surface area contributed by atoms with Crippen molar-refractivity contribution in [1.29, 1.82) is 0 Å². The molecule has 1 aromatic rings. The number of methoxy groups -OCH3 is 3. The van der Waals surface area contributed by atoms with E-state index in [0.717, 1.165) is 42.9 Å². The van der Waals surface area contributed by atoms with Crippen LogP contribution in [0.5, 0.6) is 17.2 Å². The van der Waals surface area contributed by atoms with Crippen molar-refractivity contribution in [1.82, 2.24) is 9.80 Å². The van der Waals surface area contributed by atoms with Crippen molar-refractivity contribution >= 4 is 0 Å². The summed E-state index contributed by atoms with van der Waals surface area (Å²) in [5, 5.41) is 0. The Kier molecular flexibility index (Phi) is 6.65. The Bertz CT molecular complexity index is 585. The lowest BCUT2D eigenvalue weighted by atomic mass is 9.86. The van der Waals surface area contributed by atoms with Crippen LogP contribution >= 0.6 is 0 Å². The van der Waals surface area contributed by atoms with E-state index in [9.17, 15) is 0 Å². The first-order valence-electron chi connectivity index (χ1n) is 9.90. The lowest BCUT2D eigenvalue weighted by Gasteiger charge is -2.42. The Morgan fingerprint density at radius 1 is 0.923 bits per heavy atom. The lowest BCUT2D eigenvalue weighted by Crippen LogP contribution is -2.50. The number of nitrogens with zero attached hydrogens (tertiary/aromatic N) is 2. The van der Waals surface area contributed by atoms with Crippen LogP contribution in [0.25, 0.3) is 0 Å². The van der Waals surface area contributed by atoms with E-state index in [2.05, 4.69) is 22.8 Å². The molecule has 2 fully saturated rings. The van der Waals surface area contributed by atoms with Gasteiger partial charge >= 0.3 is 0 Å². The fraction of sp³-hybridized carbons (Fsp3) is 0.714. The second-order valence-electron chi connectivity index (χ2n) is 7.73. The van der Waals surface area contributed by atoms with Gasteiger partial charge in [0.25, 0.3) is 0 Å². The Morgan fingerprint density at radius 3 is 2.27 bits per heavy atom. The van der Waals surface area contributed by atoms with Gasteiger partial charge in [-0.15, -0.1) is 0 Å². The highest BCUT2D eigenvalue weighted by Gasteiger charge is 2.28. The summed E-state index contributed by atoms with van der Waals surface area (Å²) in [5.74, 6) is 3.07.